The number of nitrogens with one attached hydrogen (secondary N) is 1. The van der Waals surface area contributed by atoms with E-state index in [0.717, 1.165) is 18.2 Å². The molecule has 0 radical (unpaired) electrons. The highest BCUT2D eigenvalue weighted by molar-refractivity contribution is 5.94. The fourth-order valence-electron chi connectivity index (χ4n) is 5.25. The Morgan fingerprint density at radius 2 is 1.76 bits per heavy atom. The Kier molecular flexibility index (Phi) is 7.76. The number of alkyl halides is 3. The number of aryl methyl sites for hydroxylation is 1. The maximum absolute atomic E-state index is 14.2. The number of carbonyl (C=O) groups is 2. The number of nitrogens with zero attached hydrogens (tertiary/aromatic N) is 3. The average molecular weight is 588 g/mol. The lowest BCUT2D eigenvalue weighted by Crippen LogP contribution is -2.35. The standard InChI is InChI=1S/C29H23F6N5O2/c30-17-9-15(10-18(31)13-17)11-24(26-19(4-2-8-37-26)16-6-7-22(32)21(12-16)28(36)42)38-25(41)14-40-27(29(33,34)35)20-3-1-5-23(20)39-40/h2,4,6-10,12-13,24H,1,3,5,11,14H2,(H2,36,42)(H,38,41). The summed E-state index contributed by atoms with van der Waals surface area (Å²) < 4.78 is 84.6. The summed E-state index contributed by atoms with van der Waals surface area (Å²) in [6.07, 6.45) is -2.48. The fourth-order valence-corrected chi connectivity index (χ4v) is 5.25. The molecule has 0 fully saturated rings. The summed E-state index contributed by atoms with van der Waals surface area (Å²) in [4.78, 5) is 29.3. The van der Waals surface area contributed by atoms with Crippen molar-refractivity contribution in [2.24, 2.45) is 5.73 Å². The second-order valence-corrected chi connectivity index (χ2v) is 9.88. The van der Waals surface area contributed by atoms with Crippen LogP contribution in [0.15, 0.2) is 54.7 Å². The molecule has 7 nitrogen and oxygen atoms in total. The van der Waals surface area contributed by atoms with Gasteiger partial charge in [-0.2, -0.15) is 18.3 Å². The summed E-state index contributed by atoms with van der Waals surface area (Å²) in [5.74, 6) is -4.49. The van der Waals surface area contributed by atoms with Crippen molar-refractivity contribution in [2.75, 3.05) is 0 Å². The number of primary amides is 1. The van der Waals surface area contributed by atoms with Gasteiger partial charge >= 0.3 is 6.18 Å². The summed E-state index contributed by atoms with van der Waals surface area (Å²) in [5.41, 5.74) is 5.13. The Morgan fingerprint density at radius 3 is 2.45 bits per heavy atom. The minimum atomic E-state index is -4.74. The van der Waals surface area contributed by atoms with Crippen LogP contribution in [0.25, 0.3) is 11.1 Å². The first-order chi connectivity index (χ1) is 19.9. The first-order valence-electron chi connectivity index (χ1n) is 12.9. The first-order valence-corrected chi connectivity index (χ1v) is 12.9. The molecule has 1 atom stereocenters. The lowest BCUT2D eigenvalue weighted by atomic mass is 9.94. The Hall–Kier alpha value is -4.68. The van der Waals surface area contributed by atoms with Crippen LogP contribution in [-0.2, 0) is 36.8 Å². The molecule has 1 aliphatic rings. The lowest BCUT2D eigenvalue weighted by molar-refractivity contribution is -0.145. The number of halogens is 6. The van der Waals surface area contributed by atoms with Crippen LogP contribution in [0.5, 0.6) is 0 Å². The number of amides is 2. The van der Waals surface area contributed by atoms with Crippen LogP contribution in [0.2, 0.25) is 0 Å². The van der Waals surface area contributed by atoms with E-state index in [4.69, 9.17) is 5.73 Å². The van der Waals surface area contributed by atoms with E-state index < -0.39 is 59.3 Å². The summed E-state index contributed by atoms with van der Waals surface area (Å²) in [6, 6.07) is 8.32. The third-order valence-corrected chi connectivity index (χ3v) is 6.94. The maximum atomic E-state index is 14.2. The van der Waals surface area contributed by atoms with Gasteiger partial charge in [0.25, 0.3) is 5.91 Å². The normalized spacial score (nSPS) is 13.6. The molecule has 3 N–H and O–H groups in total. The Bertz CT molecular complexity index is 1660. The van der Waals surface area contributed by atoms with Crippen molar-refractivity contribution in [2.45, 2.75) is 44.4 Å². The van der Waals surface area contributed by atoms with Crippen molar-refractivity contribution in [3.63, 3.8) is 0 Å². The molecule has 0 aliphatic heterocycles. The van der Waals surface area contributed by atoms with E-state index in [2.05, 4.69) is 15.4 Å². The van der Waals surface area contributed by atoms with Crippen LogP contribution < -0.4 is 11.1 Å². The number of aromatic nitrogens is 3. The third-order valence-electron chi connectivity index (χ3n) is 6.94. The van der Waals surface area contributed by atoms with E-state index in [-0.39, 0.29) is 35.4 Å². The molecule has 218 valence electrons. The van der Waals surface area contributed by atoms with Crippen molar-refractivity contribution in [3.8, 4) is 11.1 Å². The molecule has 13 heteroatoms. The van der Waals surface area contributed by atoms with Crippen molar-refractivity contribution < 1.29 is 35.9 Å². The molecular weight excluding hydrogens is 564 g/mol. The van der Waals surface area contributed by atoms with E-state index in [1.165, 1.54) is 24.4 Å². The zero-order valence-corrected chi connectivity index (χ0v) is 21.8. The van der Waals surface area contributed by atoms with Gasteiger partial charge in [0.2, 0.25) is 5.91 Å². The predicted octanol–water partition coefficient (Wildman–Crippen LogP) is 5.07. The number of fused-ring (bicyclic) bond motifs is 1. The van der Waals surface area contributed by atoms with Gasteiger partial charge in [-0.05, 0) is 67.1 Å². The molecular formula is C29H23F6N5O2. The van der Waals surface area contributed by atoms with Crippen LogP contribution in [0.4, 0.5) is 26.3 Å². The highest BCUT2D eigenvalue weighted by Crippen LogP contribution is 2.37. The average Bonchev–Trinajstić information content (AvgIpc) is 3.48. The van der Waals surface area contributed by atoms with Crippen LogP contribution in [0.1, 0.15) is 51.0 Å². The van der Waals surface area contributed by atoms with Gasteiger partial charge in [0.1, 0.15) is 29.7 Å². The Labute approximate surface area is 235 Å². The molecule has 0 spiro atoms. The molecule has 2 heterocycles. The quantitative estimate of drug-likeness (QED) is 0.281. The van der Waals surface area contributed by atoms with Gasteiger partial charge in [0.05, 0.1) is 23.0 Å². The van der Waals surface area contributed by atoms with E-state index in [9.17, 15) is 35.9 Å². The number of rotatable bonds is 8. The van der Waals surface area contributed by atoms with Crippen LogP contribution >= 0.6 is 0 Å². The van der Waals surface area contributed by atoms with Gasteiger partial charge < -0.3 is 11.1 Å². The molecule has 2 aromatic carbocycles. The number of carbonyl (C=O) groups excluding carboxylic acids is 2. The minimum Gasteiger partial charge on any atom is -0.366 e. The molecule has 2 aromatic heterocycles. The van der Waals surface area contributed by atoms with E-state index in [1.54, 1.807) is 6.07 Å². The van der Waals surface area contributed by atoms with Gasteiger partial charge in [-0.25, -0.2) is 13.2 Å². The van der Waals surface area contributed by atoms with E-state index in [1.807, 2.05) is 0 Å². The summed E-state index contributed by atoms with van der Waals surface area (Å²) in [5, 5.41) is 6.66. The van der Waals surface area contributed by atoms with Crippen LogP contribution in [-0.4, -0.2) is 26.6 Å². The topological polar surface area (TPSA) is 103 Å². The number of nitrogens with two attached hydrogens (primary N) is 1. The zero-order valence-electron chi connectivity index (χ0n) is 21.8. The van der Waals surface area contributed by atoms with Gasteiger partial charge in [0.15, 0.2) is 0 Å². The predicted molar refractivity (Wildman–Crippen MR) is 138 cm³/mol. The summed E-state index contributed by atoms with van der Waals surface area (Å²) >= 11 is 0. The van der Waals surface area contributed by atoms with Crippen LogP contribution in [0, 0.1) is 17.5 Å². The van der Waals surface area contributed by atoms with E-state index >= 15 is 0 Å². The second kappa shape index (κ2) is 11.3. The number of hydrogen-bond donors (Lipinski definition) is 2. The molecule has 1 aliphatic carbocycles. The molecule has 2 amide bonds. The SMILES string of the molecule is NC(=O)c1cc(-c2cccnc2C(Cc2cc(F)cc(F)c2)NC(=O)Cn2nc3c(c2C(F)(F)F)CCC3)ccc1F. The molecule has 42 heavy (non-hydrogen) atoms. The molecule has 0 saturated carbocycles. The molecule has 0 saturated heterocycles. The number of pyridine rings is 1. The smallest absolute Gasteiger partial charge is 0.366 e. The fraction of sp³-hybridized carbons (Fsp3) is 0.241. The molecule has 1 unspecified atom stereocenters. The summed E-state index contributed by atoms with van der Waals surface area (Å²) in [6.45, 7) is -0.777. The summed E-state index contributed by atoms with van der Waals surface area (Å²) in [7, 11) is 0. The maximum Gasteiger partial charge on any atom is 0.433 e. The number of hydrogen-bond acceptors (Lipinski definition) is 4. The zero-order chi connectivity index (χ0) is 30.2. The van der Waals surface area contributed by atoms with Gasteiger partial charge in [-0.3, -0.25) is 19.3 Å². The molecule has 4 aromatic rings. The molecule has 5 rings (SSSR count). The van der Waals surface area contributed by atoms with E-state index in [0.29, 0.717) is 34.7 Å². The van der Waals surface area contributed by atoms with Gasteiger partial charge in [-0.1, -0.05) is 12.1 Å². The third kappa shape index (κ3) is 5.99. The van der Waals surface area contributed by atoms with Gasteiger partial charge in [0, 0.05) is 23.4 Å². The highest BCUT2D eigenvalue weighted by atomic mass is 19.4. The highest BCUT2D eigenvalue weighted by Gasteiger charge is 2.41. The van der Waals surface area contributed by atoms with Crippen molar-refractivity contribution >= 4 is 11.8 Å². The minimum absolute atomic E-state index is 0.0654. The second-order valence-electron chi connectivity index (χ2n) is 9.88. The monoisotopic (exact) mass is 587 g/mol. The lowest BCUT2D eigenvalue weighted by Gasteiger charge is -2.22. The van der Waals surface area contributed by atoms with Crippen LogP contribution in [0.3, 0.4) is 0 Å². The van der Waals surface area contributed by atoms with Gasteiger partial charge in [-0.15, -0.1) is 0 Å². The molecule has 0 bridgehead atoms. The van der Waals surface area contributed by atoms with Crippen molar-refractivity contribution in [1.82, 2.24) is 20.1 Å². The van der Waals surface area contributed by atoms with Crippen molar-refractivity contribution in [1.29, 1.82) is 0 Å². The number of benzene rings is 2. The Balaban J connectivity index is 1.53. The first kappa shape index (κ1) is 28.8. The largest absolute Gasteiger partial charge is 0.433 e. The Morgan fingerprint density at radius 1 is 1.02 bits per heavy atom. The van der Waals surface area contributed by atoms with Crippen molar-refractivity contribution in [3.05, 3.63) is 106 Å².